The van der Waals surface area contributed by atoms with Crippen molar-refractivity contribution in [2.75, 3.05) is 5.32 Å². The molecule has 0 aliphatic heterocycles. The van der Waals surface area contributed by atoms with Gasteiger partial charge in [0.2, 0.25) is 0 Å². The molecule has 2 heterocycles. The zero-order valence-corrected chi connectivity index (χ0v) is 13.8. The van der Waals surface area contributed by atoms with Crippen LogP contribution in [0.25, 0.3) is 11.2 Å². The lowest BCUT2D eigenvalue weighted by Crippen LogP contribution is -2.12. The number of anilines is 1. The van der Waals surface area contributed by atoms with Crippen molar-refractivity contribution in [2.45, 2.75) is 44.9 Å². The highest BCUT2D eigenvalue weighted by Gasteiger charge is 2.29. The maximum atomic E-state index is 10.3. The van der Waals surface area contributed by atoms with Crippen molar-refractivity contribution in [1.82, 2.24) is 19.5 Å². The van der Waals surface area contributed by atoms with Gasteiger partial charge in [-0.2, -0.15) is 0 Å². The minimum Gasteiger partial charge on any atom is -0.388 e. The van der Waals surface area contributed by atoms with Gasteiger partial charge in [-0.3, -0.25) is 0 Å². The molecule has 6 heteroatoms. The van der Waals surface area contributed by atoms with Crippen LogP contribution < -0.4 is 5.32 Å². The van der Waals surface area contributed by atoms with E-state index in [1.54, 1.807) is 6.33 Å². The summed E-state index contributed by atoms with van der Waals surface area (Å²) in [6.45, 7) is 4.90. The number of aliphatic hydroxyl groups is 1. The fourth-order valence-electron chi connectivity index (χ4n) is 3.51. The molecule has 124 valence electrons. The highest BCUT2D eigenvalue weighted by Crippen LogP contribution is 2.41. The Balaban J connectivity index is 1.67. The molecule has 0 saturated carbocycles. The zero-order valence-electron chi connectivity index (χ0n) is 13.8. The first-order valence-electron chi connectivity index (χ1n) is 8.32. The second kappa shape index (κ2) is 5.87. The molecule has 1 aromatic carbocycles. The van der Waals surface area contributed by atoms with Gasteiger partial charge in [0.25, 0.3) is 0 Å². The van der Waals surface area contributed by atoms with Crippen molar-refractivity contribution in [1.29, 1.82) is 0 Å². The molecule has 2 aromatic heterocycles. The first-order chi connectivity index (χ1) is 11.6. The number of hydrogen-bond acceptors (Lipinski definition) is 5. The fourth-order valence-corrected chi connectivity index (χ4v) is 3.51. The lowest BCUT2D eigenvalue weighted by Gasteiger charge is -2.13. The summed E-state index contributed by atoms with van der Waals surface area (Å²) in [5.41, 5.74) is 3.88. The summed E-state index contributed by atoms with van der Waals surface area (Å²) >= 11 is 0. The quantitative estimate of drug-likeness (QED) is 0.772. The number of nitrogens with one attached hydrogen (secondary N) is 1. The summed E-state index contributed by atoms with van der Waals surface area (Å²) < 4.78 is 2.06. The van der Waals surface area contributed by atoms with E-state index in [0.717, 1.165) is 35.5 Å². The largest absolute Gasteiger partial charge is 0.388 e. The Bertz CT molecular complexity index is 873. The van der Waals surface area contributed by atoms with Crippen LogP contribution in [0.4, 0.5) is 5.82 Å². The summed E-state index contributed by atoms with van der Waals surface area (Å²) in [6.07, 6.45) is 3.75. The van der Waals surface area contributed by atoms with E-state index in [1.165, 1.54) is 5.56 Å². The first kappa shape index (κ1) is 15.1. The maximum absolute atomic E-state index is 10.3. The van der Waals surface area contributed by atoms with Gasteiger partial charge >= 0.3 is 0 Å². The van der Waals surface area contributed by atoms with Crippen LogP contribution in [0.15, 0.2) is 36.9 Å². The van der Waals surface area contributed by atoms with Gasteiger partial charge in [-0.05, 0) is 31.4 Å². The number of hydrogen-bond donors (Lipinski definition) is 2. The van der Waals surface area contributed by atoms with Crippen LogP contribution in [0, 0.1) is 0 Å². The van der Waals surface area contributed by atoms with Crippen molar-refractivity contribution in [3.8, 4) is 0 Å². The Morgan fingerprint density at radius 2 is 2.00 bits per heavy atom. The normalized spacial score (nSPS) is 19.8. The molecule has 6 nitrogen and oxygen atoms in total. The number of fused-ring (bicyclic) bond motifs is 2. The number of nitrogens with zero attached hydrogens (tertiary/aromatic N) is 4. The van der Waals surface area contributed by atoms with Gasteiger partial charge in [0, 0.05) is 18.5 Å². The smallest absolute Gasteiger partial charge is 0.165 e. The molecule has 0 unspecified atom stereocenters. The number of benzene rings is 1. The van der Waals surface area contributed by atoms with Crippen LogP contribution in [0.3, 0.4) is 0 Å². The van der Waals surface area contributed by atoms with Crippen LogP contribution in [0.5, 0.6) is 0 Å². The molecule has 1 aliphatic rings. The second-order valence-corrected chi connectivity index (χ2v) is 6.67. The Morgan fingerprint density at radius 3 is 2.79 bits per heavy atom. The van der Waals surface area contributed by atoms with Crippen molar-refractivity contribution in [3.05, 3.63) is 48.0 Å². The molecule has 0 bridgehead atoms. The average molecular weight is 323 g/mol. The zero-order chi connectivity index (χ0) is 16.7. The molecule has 2 atom stereocenters. The van der Waals surface area contributed by atoms with Gasteiger partial charge in [0.1, 0.15) is 11.8 Å². The third-order valence-corrected chi connectivity index (χ3v) is 4.55. The number of aliphatic hydroxyl groups excluding tert-OH is 1. The predicted octanol–water partition coefficient (Wildman–Crippen LogP) is 2.87. The van der Waals surface area contributed by atoms with E-state index < -0.39 is 0 Å². The molecule has 0 radical (unpaired) electrons. The summed E-state index contributed by atoms with van der Waals surface area (Å²) in [5.74, 6) is 1.03. The molecule has 0 spiro atoms. The van der Waals surface area contributed by atoms with Gasteiger partial charge in [0.05, 0.1) is 12.4 Å². The number of imidazole rings is 1. The minimum absolute atomic E-state index is 0.269. The van der Waals surface area contributed by atoms with Gasteiger partial charge in [0.15, 0.2) is 11.5 Å². The summed E-state index contributed by atoms with van der Waals surface area (Å²) in [6, 6.07) is 8.41. The molecule has 4 rings (SSSR count). The minimum atomic E-state index is -0.381. The van der Waals surface area contributed by atoms with E-state index in [2.05, 4.69) is 44.7 Å². The molecule has 3 aromatic rings. The third kappa shape index (κ3) is 2.53. The van der Waals surface area contributed by atoms with Gasteiger partial charge in [-0.15, -0.1) is 0 Å². The maximum Gasteiger partial charge on any atom is 0.165 e. The second-order valence-electron chi connectivity index (χ2n) is 6.67. The first-order valence-corrected chi connectivity index (χ1v) is 8.32. The van der Waals surface area contributed by atoms with Crippen LogP contribution in [0.1, 0.15) is 43.4 Å². The lowest BCUT2D eigenvalue weighted by molar-refractivity contribution is 0.171. The molecule has 0 fully saturated rings. The molecular weight excluding hydrogens is 302 g/mol. The Hall–Kier alpha value is -2.47. The van der Waals surface area contributed by atoms with Crippen molar-refractivity contribution in [2.24, 2.45) is 0 Å². The average Bonchev–Trinajstić information content (AvgIpc) is 3.11. The molecule has 0 amide bonds. The van der Waals surface area contributed by atoms with E-state index in [0.29, 0.717) is 0 Å². The summed E-state index contributed by atoms with van der Waals surface area (Å²) in [7, 11) is 0. The molecule has 0 saturated heterocycles. The Labute approximate surface area is 140 Å². The Kier molecular flexibility index (Phi) is 3.69. The number of rotatable bonds is 4. The highest BCUT2D eigenvalue weighted by atomic mass is 16.3. The SMILES string of the molecule is CC(C)Nc1ncnc2c1ncn2C[C@@H]1C[C@H](O)c2ccccc21. The van der Waals surface area contributed by atoms with E-state index in [-0.39, 0.29) is 18.1 Å². The van der Waals surface area contributed by atoms with Crippen LogP contribution >= 0.6 is 0 Å². The Morgan fingerprint density at radius 1 is 1.21 bits per heavy atom. The fraction of sp³-hybridized carbons (Fsp3) is 0.389. The van der Waals surface area contributed by atoms with Crippen LogP contribution in [-0.2, 0) is 6.54 Å². The van der Waals surface area contributed by atoms with Crippen LogP contribution in [0.2, 0.25) is 0 Å². The molecular formula is C18H21N5O. The topological polar surface area (TPSA) is 75.9 Å². The van der Waals surface area contributed by atoms with Gasteiger partial charge in [-0.25, -0.2) is 15.0 Å². The van der Waals surface area contributed by atoms with Gasteiger partial charge in [-0.1, -0.05) is 24.3 Å². The number of aromatic nitrogens is 4. The van der Waals surface area contributed by atoms with E-state index in [9.17, 15) is 5.11 Å². The van der Waals surface area contributed by atoms with Gasteiger partial charge < -0.3 is 15.0 Å². The molecule has 1 aliphatic carbocycles. The van der Waals surface area contributed by atoms with Crippen LogP contribution in [-0.4, -0.2) is 30.7 Å². The van der Waals surface area contributed by atoms with E-state index in [4.69, 9.17) is 0 Å². The van der Waals surface area contributed by atoms with Crippen molar-refractivity contribution in [3.63, 3.8) is 0 Å². The van der Waals surface area contributed by atoms with Crippen molar-refractivity contribution < 1.29 is 5.11 Å². The van der Waals surface area contributed by atoms with E-state index in [1.807, 2.05) is 24.5 Å². The standard InChI is InChI=1S/C18H21N5O/c1-11(2)22-17-16-18(20-9-19-17)23(10-21-16)8-12-7-15(24)14-6-4-3-5-13(12)14/h3-6,9-12,15,24H,7-8H2,1-2H3,(H,19,20,22)/t12-,15-/m0/s1. The predicted molar refractivity (Wildman–Crippen MR) is 92.8 cm³/mol. The third-order valence-electron chi connectivity index (χ3n) is 4.55. The monoisotopic (exact) mass is 323 g/mol. The van der Waals surface area contributed by atoms with E-state index >= 15 is 0 Å². The molecule has 2 N–H and O–H groups in total. The van der Waals surface area contributed by atoms with Crippen molar-refractivity contribution >= 4 is 17.0 Å². The molecule has 24 heavy (non-hydrogen) atoms. The summed E-state index contributed by atoms with van der Waals surface area (Å²) in [4.78, 5) is 13.2. The lowest BCUT2D eigenvalue weighted by atomic mass is 10.0. The highest BCUT2D eigenvalue weighted by molar-refractivity contribution is 5.82. The summed E-state index contributed by atoms with van der Waals surface area (Å²) in [5, 5.41) is 13.6.